The highest BCUT2D eigenvalue weighted by atomic mass is 35.5. The number of aromatic nitrogens is 3. The highest BCUT2D eigenvalue weighted by Gasteiger charge is 2.51. The highest BCUT2D eigenvalue weighted by molar-refractivity contribution is 6.28. The van der Waals surface area contributed by atoms with Gasteiger partial charge in [-0.2, -0.15) is 4.98 Å². The van der Waals surface area contributed by atoms with Crippen molar-refractivity contribution in [1.29, 1.82) is 0 Å². The number of ether oxygens (including phenoxy) is 3. The van der Waals surface area contributed by atoms with E-state index in [1.807, 2.05) is 0 Å². The second-order valence-electron chi connectivity index (χ2n) is 8.16. The number of nitrogens with zero attached hydrogens (tertiary/aromatic N) is 3. The topological polar surface area (TPSA) is 122 Å². The first kappa shape index (κ1) is 25.1. The number of hydrogen-bond donors (Lipinski definition) is 2. The van der Waals surface area contributed by atoms with Crippen molar-refractivity contribution in [2.45, 2.75) is 76.2 Å². The van der Waals surface area contributed by atoms with Crippen LogP contribution in [0.5, 0.6) is 0 Å². The maximum Gasteiger partial charge on any atom is 0.508 e. The van der Waals surface area contributed by atoms with Crippen LogP contribution in [0.4, 0.5) is 10.6 Å². The second-order valence-corrected chi connectivity index (χ2v) is 8.50. The van der Waals surface area contributed by atoms with E-state index in [0.717, 1.165) is 19.3 Å². The first-order valence-electron chi connectivity index (χ1n) is 11.3. The van der Waals surface area contributed by atoms with Gasteiger partial charge in [0.2, 0.25) is 5.28 Å². The Kier molecular flexibility index (Phi) is 8.78. The van der Waals surface area contributed by atoms with E-state index >= 15 is 0 Å². The average molecular weight is 479 g/mol. The normalized spacial score (nSPS) is 22.4. The van der Waals surface area contributed by atoms with Crippen molar-refractivity contribution >= 4 is 34.6 Å². The van der Waals surface area contributed by atoms with E-state index in [1.54, 1.807) is 16.8 Å². The lowest BCUT2D eigenvalue weighted by Crippen LogP contribution is -2.44. The number of rotatable bonds is 11. The lowest BCUT2D eigenvalue weighted by molar-refractivity contribution is -0.0975. The molecule has 180 valence electrons. The minimum absolute atomic E-state index is 0.00920. The van der Waals surface area contributed by atoms with Gasteiger partial charge in [0, 0.05) is 12.6 Å². The van der Waals surface area contributed by atoms with Crippen molar-refractivity contribution in [3.05, 3.63) is 17.5 Å². The summed E-state index contributed by atoms with van der Waals surface area (Å²) < 4.78 is 18.3. The van der Waals surface area contributed by atoms with Crippen LogP contribution in [0.15, 0.2) is 12.3 Å². The molecule has 0 radical (unpaired) electrons. The van der Waals surface area contributed by atoms with Gasteiger partial charge in [0.05, 0.1) is 18.6 Å². The van der Waals surface area contributed by atoms with E-state index in [1.165, 1.54) is 25.7 Å². The molecular weight excluding hydrogens is 448 g/mol. The van der Waals surface area contributed by atoms with Crippen LogP contribution >= 0.6 is 11.6 Å². The third-order valence-corrected chi connectivity index (χ3v) is 6.02. The molecule has 1 fully saturated rings. The first-order valence-corrected chi connectivity index (χ1v) is 11.7. The molecule has 9 nitrogen and oxygen atoms in total. The molecule has 0 unspecified atom stereocenters. The van der Waals surface area contributed by atoms with Crippen molar-refractivity contribution in [1.82, 2.24) is 14.5 Å². The third-order valence-electron chi connectivity index (χ3n) is 5.85. The fraction of sp³-hybridized carbons (Fsp3) is 0.609. The number of halogens is 1. The van der Waals surface area contributed by atoms with E-state index in [9.17, 15) is 9.90 Å². The van der Waals surface area contributed by atoms with E-state index in [-0.39, 0.29) is 24.1 Å². The van der Waals surface area contributed by atoms with Gasteiger partial charge in [-0.3, -0.25) is 0 Å². The monoisotopic (exact) mass is 478 g/mol. The summed E-state index contributed by atoms with van der Waals surface area (Å²) in [5, 5.41) is 10.6. The lowest BCUT2D eigenvalue weighted by Gasteiger charge is -2.26. The molecule has 0 amide bonds. The Morgan fingerprint density at radius 2 is 2.09 bits per heavy atom. The Hall–Kier alpha value is -2.54. The number of fused-ring (bicyclic) bond motifs is 1. The van der Waals surface area contributed by atoms with Gasteiger partial charge in [0.25, 0.3) is 0 Å². The summed E-state index contributed by atoms with van der Waals surface area (Å²) in [6.07, 6.45) is 12.9. The molecule has 2 aromatic rings. The Labute approximate surface area is 198 Å². The first-order chi connectivity index (χ1) is 15.9. The summed E-state index contributed by atoms with van der Waals surface area (Å²) in [5.41, 5.74) is 4.85. The lowest BCUT2D eigenvalue weighted by atomic mass is 9.99. The van der Waals surface area contributed by atoms with Gasteiger partial charge in [0.15, 0.2) is 11.7 Å². The quantitative estimate of drug-likeness (QED) is 0.213. The molecule has 0 spiro atoms. The number of aliphatic hydroxyl groups is 1. The largest absolute Gasteiger partial charge is 0.508 e. The fourth-order valence-electron chi connectivity index (χ4n) is 3.99. The predicted octanol–water partition coefficient (Wildman–Crippen LogP) is 4.22. The highest BCUT2D eigenvalue weighted by Crippen LogP contribution is 2.40. The van der Waals surface area contributed by atoms with Crippen LogP contribution in [0.1, 0.15) is 64.5 Å². The number of unbranched alkanes of at least 4 members (excludes halogenated alkanes) is 6. The van der Waals surface area contributed by atoms with Crippen molar-refractivity contribution in [3.63, 3.8) is 0 Å². The van der Waals surface area contributed by atoms with Crippen molar-refractivity contribution in [3.8, 4) is 12.3 Å². The number of aliphatic hydroxyl groups excluding tert-OH is 1. The van der Waals surface area contributed by atoms with Gasteiger partial charge in [0.1, 0.15) is 17.7 Å². The van der Waals surface area contributed by atoms with Gasteiger partial charge in [-0.1, -0.05) is 51.4 Å². The zero-order valence-corrected chi connectivity index (χ0v) is 19.6. The molecule has 3 N–H and O–H groups in total. The molecule has 0 aromatic carbocycles. The minimum atomic E-state index is -1.51. The molecule has 0 aliphatic carbocycles. The molecule has 0 saturated carbocycles. The zero-order valence-electron chi connectivity index (χ0n) is 18.8. The van der Waals surface area contributed by atoms with Gasteiger partial charge in [-0.25, -0.2) is 9.78 Å². The molecule has 10 heteroatoms. The molecular formula is C23H31ClN4O5. The SMILES string of the molecule is C#C[C@]1(CO)O[C@@H](n2ccc3c(N)nc(Cl)nc32)C[C@@H]1OC(=O)OCCCCCCCCC. The molecule has 1 saturated heterocycles. The van der Waals surface area contributed by atoms with Crippen molar-refractivity contribution in [2.75, 3.05) is 18.9 Å². The van der Waals surface area contributed by atoms with Crippen LogP contribution in [-0.4, -0.2) is 50.7 Å². The number of anilines is 1. The minimum Gasteiger partial charge on any atom is -0.434 e. The van der Waals surface area contributed by atoms with Crippen molar-refractivity contribution in [2.24, 2.45) is 0 Å². The summed E-state index contributed by atoms with van der Waals surface area (Å²) in [6.45, 7) is 1.92. The molecule has 3 atom stereocenters. The second kappa shape index (κ2) is 11.5. The number of carbonyl (C=O) groups excluding carboxylic acids is 1. The summed E-state index contributed by atoms with van der Waals surface area (Å²) in [4.78, 5) is 20.4. The number of nitrogen functional groups attached to an aromatic ring is 1. The number of carbonyl (C=O) groups is 1. The van der Waals surface area contributed by atoms with Gasteiger partial charge < -0.3 is 29.6 Å². The Morgan fingerprint density at radius 1 is 1.36 bits per heavy atom. The van der Waals surface area contributed by atoms with Crippen LogP contribution < -0.4 is 5.73 Å². The third kappa shape index (κ3) is 5.88. The average Bonchev–Trinajstić information content (AvgIpc) is 3.37. The predicted molar refractivity (Wildman–Crippen MR) is 125 cm³/mol. The van der Waals surface area contributed by atoms with Crippen LogP contribution in [0, 0.1) is 12.3 Å². The molecule has 2 aromatic heterocycles. The summed E-state index contributed by atoms with van der Waals surface area (Å²) in [7, 11) is 0. The van der Waals surface area contributed by atoms with E-state index in [0.29, 0.717) is 11.0 Å². The van der Waals surface area contributed by atoms with Crippen LogP contribution in [-0.2, 0) is 14.2 Å². The van der Waals surface area contributed by atoms with E-state index in [4.69, 9.17) is 38.0 Å². The maximum atomic E-state index is 12.3. The molecule has 0 bridgehead atoms. The van der Waals surface area contributed by atoms with Crippen LogP contribution in [0.3, 0.4) is 0 Å². The smallest absolute Gasteiger partial charge is 0.434 e. The summed E-state index contributed by atoms with van der Waals surface area (Å²) in [5.74, 6) is 2.67. The maximum absolute atomic E-state index is 12.3. The molecule has 3 heterocycles. The Bertz CT molecular complexity index is 991. The van der Waals surface area contributed by atoms with Gasteiger partial charge in [-0.05, 0) is 24.1 Å². The molecule has 3 rings (SSSR count). The van der Waals surface area contributed by atoms with Gasteiger partial charge in [-0.15, -0.1) is 6.42 Å². The van der Waals surface area contributed by atoms with Crippen molar-refractivity contribution < 1.29 is 24.1 Å². The number of terminal acetylenes is 1. The Morgan fingerprint density at radius 3 is 2.79 bits per heavy atom. The molecule has 1 aliphatic rings. The van der Waals surface area contributed by atoms with Crippen LogP contribution in [0.2, 0.25) is 5.28 Å². The van der Waals surface area contributed by atoms with E-state index in [2.05, 4.69) is 22.8 Å². The standard InChI is InChI=1S/C23H31ClN4O5/c1-3-5-6-7-8-9-10-13-31-22(30)32-17-14-18(33-23(17,4-2)15-29)28-12-11-16-19(25)26-21(24)27-20(16)28/h2,11-12,17-18,29H,3,5-10,13-15H2,1H3,(H2,25,26,27)/t17-,18+,23+/m0/s1. The van der Waals surface area contributed by atoms with Gasteiger partial charge >= 0.3 is 6.16 Å². The fourth-order valence-corrected chi connectivity index (χ4v) is 4.16. The molecule has 33 heavy (non-hydrogen) atoms. The Balaban J connectivity index is 1.60. The zero-order chi connectivity index (χ0) is 23.8. The van der Waals surface area contributed by atoms with Crippen LogP contribution in [0.25, 0.3) is 11.0 Å². The molecule has 1 aliphatic heterocycles. The summed E-state index contributed by atoms with van der Waals surface area (Å²) in [6, 6.07) is 1.73. The number of nitrogens with two attached hydrogens (primary N) is 1. The summed E-state index contributed by atoms with van der Waals surface area (Å²) >= 11 is 5.96. The number of hydrogen-bond acceptors (Lipinski definition) is 8. The van der Waals surface area contributed by atoms with E-state index < -0.39 is 30.7 Å².